The van der Waals surface area contributed by atoms with Crippen molar-refractivity contribution >= 4 is 11.6 Å². The van der Waals surface area contributed by atoms with Crippen LogP contribution in [0, 0.1) is 12.8 Å². The van der Waals surface area contributed by atoms with Crippen LogP contribution in [-0.4, -0.2) is 18.5 Å². The Bertz CT molecular complexity index is 455. The van der Waals surface area contributed by atoms with Crippen molar-refractivity contribution in [3.05, 3.63) is 29.3 Å². The first-order valence-electron chi connectivity index (χ1n) is 8.09. The molecule has 0 aliphatic carbocycles. The highest BCUT2D eigenvalue weighted by molar-refractivity contribution is 5.99. The van der Waals surface area contributed by atoms with E-state index >= 15 is 0 Å². The Morgan fingerprint density at radius 1 is 1.19 bits per heavy atom. The zero-order valence-corrected chi connectivity index (χ0v) is 14.1. The summed E-state index contributed by atoms with van der Waals surface area (Å²) in [5, 5.41) is 6.46. The Morgan fingerprint density at radius 3 is 2.52 bits per heavy atom. The van der Waals surface area contributed by atoms with Crippen molar-refractivity contribution in [2.24, 2.45) is 5.92 Å². The molecule has 0 aromatic heterocycles. The van der Waals surface area contributed by atoms with Crippen LogP contribution in [-0.2, 0) is 0 Å². The smallest absolute Gasteiger partial charge is 0.253 e. The van der Waals surface area contributed by atoms with Crippen LogP contribution in [0.3, 0.4) is 0 Å². The van der Waals surface area contributed by atoms with Gasteiger partial charge in [-0.05, 0) is 56.7 Å². The summed E-state index contributed by atoms with van der Waals surface area (Å²) in [6, 6.07) is 6.16. The van der Waals surface area contributed by atoms with E-state index in [0.717, 1.165) is 42.6 Å². The van der Waals surface area contributed by atoms with Crippen molar-refractivity contribution in [1.29, 1.82) is 0 Å². The minimum atomic E-state index is 0.0184. The predicted octanol–water partition coefficient (Wildman–Crippen LogP) is 4.37. The average molecular weight is 290 g/mol. The average Bonchev–Trinajstić information content (AvgIpc) is 2.42. The summed E-state index contributed by atoms with van der Waals surface area (Å²) in [5.41, 5.74) is 2.84. The number of amides is 1. The number of hydrogen-bond acceptors (Lipinski definition) is 2. The van der Waals surface area contributed by atoms with Gasteiger partial charge in [-0.3, -0.25) is 4.79 Å². The zero-order chi connectivity index (χ0) is 15.8. The van der Waals surface area contributed by atoms with Crippen LogP contribution in [0.4, 0.5) is 5.69 Å². The van der Waals surface area contributed by atoms with E-state index < -0.39 is 0 Å². The Labute approximate surface area is 129 Å². The summed E-state index contributed by atoms with van der Waals surface area (Å²) in [6.45, 7) is 11.5. The molecule has 1 aromatic rings. The number of hydrogen-bond donors (Lipinski definition) is 2. The van der Waals surface area contributed by atoms with Crippen molar-refractivity contribution in [2.45, 2.75) is 59.9 Å². The Hall–Kier alpha value is -1.51. The highest BCUT2D eigenvalue weighted by atomic mass is 16.1. The molecule has 21 heavy (non-hydrogen) atoms. The lowest BCUT2D eigenvalue weighted by atomic mass is 10.0. The molecule has 1 aromatic carbocycles. The maximum absolute atomic E-state index is 12.4. The van der Waals surface area contributed by atoms with Gasteiger partial charge in [0.15, 0.2) is 0 Å². The normalized spacial score (nSPS) is 12.3. The zero-order valence-electron chi connectivity index (χ0n) is 14.1. The Balaban J connectivity index is 2.72. The summed E-state index contributed by atoms with van der Waals surface area (Å²) in [7, 11) is 0. The molecule has 0 radical (unpaired) electrons. The molecular formula is C18H30N2O. The molecule has 0 heterocycles. The first kappa shape index (κ1) is 17.5. The van der Waals surface area contributed by atoms with Gasteiger partial charge in [-0.15, -0.1) is 0 Å². The lowest BCUT2D eigenvalue weighted by Crippen LogP contribution is -2.33. The fourth-order valence-corrected chi connectivity index (χ4v) is 2.22. The molecule has 0 aliphatic rings. The molecule has 118 valence electrons. The fraction of sp³-hybridized carbons (Fsp3) is 0.611. The molecule has 0 saturated carbocycles. The predicted molar refractivity (Wildman–Crippen MR) is 91.0 cm³/mol. The monoisotopic (exact) mass is 290 g/mol. The second-order valence-electron chi connectivity index (χ2n) is 6.32. The van der Waals surface area contributed by atoms with Crippen LogP contribution in [0.5, 0.6) is 0 Å². The van der Waals surface area contributed by atoms with Crippen LogP contribution in [0.15, 0.2) is 18.2 Å². The molecule has 1 atom stereocenters. The number of rotatable bonds is 8. The van der Waals surface area contributed by atoms with Crippen LogP contribution in [0.1, 0.15) is 62.9 Å². The molecule has 0 spiro atoms. The van der Waals surface area contributed by atoms with Gasteiger partial charge in [0, 0.05) is 18.3 Å². The van der Waals surface area contributed by atoms with Crippen LogP contribution in [0.25, 0.3) is 0 Å². The van der Waals surface area contributed by atoms with Gasteiger partial charge in [0.2, 0.25) is 0 Å². The van der Waals surface area contributed by atoms with Gasteiger partial charge in [0.25, 0.3) is 5.91 Å². The summed E-state index contributed by atoms with van der Waals surface area (Å²) < 4.78 is 0. The van der Waals surface area contributed by atoms with Crippen molar-refractivity contribution in [1.82, 2.24) is 5.32 Å². The lowest BCUT2D eigenvalue weighted by molar-refractivity contribution is 0.0938. The highest BCUT2D eigenvalue weighted by Gasteiger charge is 2.14. The Kier molecular flexibility index (Phi) is 7.27. The summed E-state index contributed by atoms with van der Waals surface area (Å²) in [4.78, 5) is 12.4. The minimum Gasteiger partial charge on any atom is -0.384 e. The summed E-state index contributed by atoms with van der Waals surface area (Å²) >= 11 is 0. The van der Waals surface area contributed by atoms with E-state index in [1.54, 1.807) is 0 Å². The number of benzene rings is 1. The van der Waals surface area contributed by atoms with Crippen LogP contribution >= 0.6 is 0 Å². The van der Waals surface area contributed by atoms with E-state index in [2.05, 4.69) is 38.3 Å². The maximum atomic E-state index is 12.4. The molecule has 0 aliphatic heterocycles. The number of anilines is 1. The third-order valence-corrected chi connectivity index (χ3v) is 3.54. The van der Waals surface area contributed by atoms with Gasteiger partial charge in [-0.2, -0.15) is 0 Å². The molecule has 1 unspecified atom stereocenters. The van der Waals surface area contributed by atoms with Gasteiger partial charge >= 0.3 is 0 Å². The second-order valence-corrected chi connectivity index (χ2v) is 6.32. The third kappa shape index (κ3) is 6.19. The van der Waals surface area contributed by atoms with Gasteiger partial charge in [-0.1, -0.05) is 26.8 Å². The first-order valence-corrected chi connectivity index (χ1v) is 8.09. The third-order valence-electron chi connectivity index (χ3n) is 3.54. The maximum Gasteiger partial charge on any atom is 0.253 e. The number of aryl methyl sites for hydroxylation is 1. The molecular weight excluding hydrogens is 260 g/mol. The van der Waals surface area contributed by atoms with Crippen LogP contribution in [0.2, 0.25) is 0 Å². The summed E-state index contributed by atoms with van der Waals surface area (Å²) in [6.07, 6.45) is 3.20. The largest absolute Gasteiger partial charge is 0.384 e. The van der Waals surface area contributed by atoms with Crippen LogP contribution < -0.4 is 10.6 Å². The minimum absolute atomic E-state index is 0.0184. The Morgan fingerprint density at radius 2 is 1.90 bits per heavy atom. The quantitative estimate of drug-likeness (QED) is 0.746. The highest BCUT2D eigenvalue weighted by Crippen LogP contribution is 2.18. The van der Waals surface area contributed by atoms with Gasteiger partial charge in [0.1, 0.15) is 0 Å². The van der Waals surface area contributed by atoms with E-state index in [1.165, 1.54) is 0 Å². The van der Waals surface area contributed by atoms with Crippen molar-refractivity contribution in [2.75, 3.05) is 11.9 Å². The molecule has 3 nitrogen and oxygen atoms in total. The molecule has 1 rings (SSSR count). The number of nitrogens with one attached hydrogen (secondary N) is 2. The lowest BCUT2D eigenvalue weighted by Gasteiger charge is -2.17. The van der Waals surface area contributed by atoms with E-state index in [-0.39, 0.29) is 11.9 Å². The van der Waals surface area contributed by atoms with Gasteiger partial charge in [-0.25, -0.2) is 0 Å². The first-order chi connectivity index (χ1) is 9.93. The summed E-state index contributed by atoms with van der Waals surface area (Å²) in [5.74, 6) is 0.690. The van der Waals surface area contributed by atoms with Crippen molar-refractivity contribution < 1.29 is 4.79 Å². The second kappa shape index (κ2) is 8.71. The SMILES string of the molecule is CCCNc1cc(C)ccc1C(=O)NC(C)CCC(C)C. The molecule has 0 fully saturated rings. The molecule has 2 N–H and O–H groups in total. The van der Waals surface area contributed by atoms with E-state index in [9.17, 15) is 4.79 Å². The van der Waals surface area contributed by atoms with Crippen molar-refractivity contribution in [3.63, 3.8) is 0 Å². The van der Waals surface area contributed by atoms with Gasteiger partial charge in [0.05, 0.1) is 5.56 Å². The van der Waals surface area contributed by atoms with E-state index in [4.69, 9.17) is 0 Å². The van der Waals surface area contributed by atoms with E-state index in [1.807, 2.05) is 25.1 Å². The van der Waals surface area contributed by atoms with E-state index in [0.29, 0.717) is 5.92 Å². The number of carbonyl (C=O) groups is 1. The standard InChI is InChI=1S/C18H30N2O/c1-6-11-19-17-12-14(4)8-10-16(17)18(21)20-15(5)9-7-13(2)3/h8,10,12-13,15,19H,6-7,9,11H2,1-5H3,(H,20,21). The topological polar surface area (TPSA) is 41.1 Å². The fourth-order valence-electron chi connectivity index (χ4n) is 2.22. The molecule has 3 heteroatoms. The molecule has 1 amide bonds. The van der Waals surface area contributed by atoms with Gasteiger partial charge < -0.3 is 10.6 Å². The van der Waals surface area contributed by atoms with Crippen molar-refractivity contribution in [3.8, 4) is 0 Å². The molecule has 0 saturated heterocycles. The number of carbonyl (C=O) groups excluding carboxylic acids is 1. The molecule has 0 bridgehead atoms.